The summed E-state index contributed by atoms with van der Waals surface area (Å²) in [5.74, 6) is -6.46. The number of amides is 7. The lowest BCUT2D eigenvalue weighted by Gasteiger charge is -2.33. The Morgan fingerprint density at radius 2 is 1.26 bits per heavy atom. The summed E-state index contributed by atoms with van der Waals surface area (Å²) in [6, 6.07) is -8.04. The van der Waals surface area contributed by atoms with Gasteiger partial charge in [0.1, 0.15) is 48.4 Å². The van der Waals surface area contributed by atoms with Crippen LogP contribution in [0.4, 0.5) is 0 Å². The lowest BCUT2D eigenvalue weighted by atomic mass is 9.98. The van der Waals surface area contributed by atoms with Crippen LogP contribution in [-0.4, -0.2) is 107 Å². The van der Waals surface area contributed by atoms with Crippen molar-refractivity contribution < 1.29 is 43.1 Å². The summed E-state index contributed by atoms with van der Waals surface area (Å²) < 4.78 is 5.86. The summed E-state index contributed by atoms with van der Waals surface area (Å²) in [6.45, 7) is 23.4. The van der Waals surface area contributed by atoms with Crippen molar-refractivity contribution in [2.45, 2.75) is 177 Å². The first kappa shape index (κ1) is 49.9. The van der Waals surface area contributed by atoms with Gasteiger partial charge in [-0.15, -0.1) is 0 Å². The molecule has 58 heavy (non-hydrogen) atoms. The van der Waals surface area contributed by atoms with Crippen LogP contribution in [0.15, 0.2) is 0 Å². The second-order valence-corrected chi connectivity index (χ2v) is 18.3. The van der Waals surface area contributed by atoms with Crippen LogP contribution in [0, 0.1) is 35.5 Å². The number of carbonyl (C=O) groups excluding carboxylic acids is 8. The lowest BCUT2D eigenvalue weighted by molar-refractivity contribution is -0.157. The van der Waals surface area contributed by atoms with Gasteiger partial charge >= 0.3 is 5.97 Å². The second-order valence-electron chi connectivity index (χ2n) is 18.3. The Morgan fingerprint density at radius 1 is 0.724 bits per heavy atom. The number of carbonyl (C=O) groups is 8. The zero-order chi connectivity index (χ0) is 44.2. The molecule has 6 N–H and O–H groups in total. The molecular formula is C42H73N7O9. The number of rotatable bonds is 13. The summed E-state index contributed by atoms with van der Waals surface area (Å²) in [4.78, 5) is 112. The van der Waals surface area contributed by atoms with Crippen LogP contribution in [0.2, 0.25) is 0 Å². The fraction of sp³-hybridized carbons (Fsp3) is 0.810. The van der Waals surface area contributed by atoms with Gasteiger partial charge in [0.05, 0.1) is 0 Å². The molecule has 0 spiro atoms. The van der Waals surface area contributed by atoms with Crippen molar-refractivity contribution in [1.29, 1.82) is 0 Å². The largest absolute Gasteiger partial charge is 0.458 e. The molecule has 7 amide bonds. The Bertz CT molecular complexity index is 1460. The zero-order valence-corrected chi connectivity index (χ0v) is 37.2. The maximum absolute atomic E-state index is 14.4. The average molecular weight is 820 g/mol. The first-order chi connectivity index (χ1) is 27.0. The maximum atomic E-state index is 14.4. The topological polar surface area (TPSA) is 221 Å². The van der Waals surface area contributed by atoms with E-state index in [2.05, 4.69) is 45.7 Å². The molecule has 0 aromatic carbocycles. The van der Waals surface area contributed by atoms with Gasteiger partial charge in [-0.05, 0) is 68.1 Å². The van der Waals surface area contributed by atoms with Crippen LogP contribution in [0.25, 0.3) is 0 Å². The molecule has 2 saturated heterocycles. The molecule has 0 aromatic heterocycles. The number of hydrogen-bond acceptors (Lipinski definition) is 9. The van der Waals surface area contributed by atoms with Gasteiger partial charge < -0.3 is 41.5 Å². The minimum Gasteiger partial charge on any atom is -0.458 e. The summed E-state index contributed by atoms with van der Waals surface area (Å²) in [6.07, 6.45) is 1.35. The number of hydrogen-bond donors (Lipinski definition) is 6. The van der Waals surface area contributed by atoms with Crippen LogP contribution in [0.1, 0.15) is 129 Å². The van der Waals surface area contributed by atoms with Crippen molar-refractivity contribution >= 4 is 47.3 Å². The maximum Gasteiger partial charge on any atom is 0.329 e. The van der Waals surface area contributed by atoms with Crippen LogP contribution < -0.4 is 31.9 Å². The molecule has 8 atom stereocenters. The van der Waals surface area contributed by atoms with Crippen LogP contribution in [0.3, 0.4) is 0 Å². The number of fused-ring (bicyclic) bond motifs is 1. The fourth-order valence-corrected chi connectivity index (χ4v) is 7.18. The third-order valence-electron chi connectivity index (χ3n) is 10.7. The standard InChI is InChI=1S/C42H73N7O9/c1-21(2)16-14-18-30(50)44-31(23(5)6)37(52)48-35-27(13)58-42(57)34(26(11)12)47-39(54)33(25(9)10)46-38(53)32(24(7)8)45-36(51)29-17-15-19-49(29)41(56)28(20-22(3)4)43-40(35)55/h21-29,31-35H,14-20H2,1-13H3,(H,43,55)(H,44,50)(H,45,51)(H,46,53)(H,47,54)(H,48,52)/t27-,28-,29+,31+,32+,33+,34?,35+/m1/s1. The lowest BCUT2D eigenvalue weighted by Crippen LogP contribution is -2.62. The van der Waals surface area contributed by atoms with E-state index in [4.69, 9.17) is 4.74 Å². The molecule has 1 unspecified atom stereocenters. The Balaban J connectivity index is 2.67. The number of nitrogens with zero attached hydrogens (tertiary/aromatic N) is 1. The van der Waals surface area contributed by atoms with Crippen molar-refractivity contribution in [3.8, 4) is 0 Å². The molecule has 2 rings (SSSR count). The third kappa shape index (κ3) is 14.5. The van der Waals surface area contributed by atoms with E-state index in [1.807, 2.05) is 13.8 Å². The zero-order valence-electron chi connectivity index (χ0n) is 37.2. The molecule has 0 aromatic rings. The van der Waals surface area contributed by atoms with Gasteiger partial charge in [0.2, 0.25) is 41.4 Å². The summed E-state index contributed by atoms with van der Waals surface area (Å²) in [7, 11) is 0. The molecule has 0 saturated carbocycles. The summed E-state index contributed by atoms with van der Waals surface area (Å²) in [5, 5.41) is 16.6. The first-order valence-corrected chi connectivity index (χ1v) is 21.3. The van der Waals surface area contributed by atoms with Crippen LogP contribution in [-0.2, 0) is 43.1 Å². The SMILES string of the molecule is CC(C)CCCC(=O)N[C@H](C(=O)N[C@@H]1C(=O)N[C@H](CC(C)C)C(=O)N2CCC[C@H]2C(=O)N[C@@H](C(C)C)C(=O)N[C@@H](C(C)C)C(=O)NC(C(C)C)C(=O)O[C@@H]1C)C(C)C. The highest BCUT2D eigenvalue weighted by Crippen LogP contribution is 2.22. The van der Waals surface area contributed by atoms with E-state index in [1.165, 1.54) is 11.8 Å². The minimum absolute atomic E-state index is 0.0939. The number of ether oxygens (including phenoxy) is 1. The third-order valence-corrected chi connectivity index (χ3v) is 10.7. The van der Waals surface area contributed by atoms with Crippen molar-refractivity contribution in [1.82, 2.24) is 36.8 Å². The first-order valence-electron chi connectivity index (χ1n) is 21.3. The molecular weight excluding hydrogens is 747 g/mol. The number of nitrogens with one attached hydrogen (secondary N) is 6. The van der Waals surface area contributed by atoms with Gasteiger partial charge in [-0.2, -0.15) is 0 Å². The second kappa shape index (κ2) is 22.8. The average Bonchev–Trinajstić information content (AvgIpc) is 3.61. The molecule has 0 aliphatic carbocycles. The van der Waals surface area contributed by atoms with Gasteiger partial charge in [-0.1, -0.05) is 89.5 Å². The van der Waals surface area contributed by atoms with Crippen LogP contribution in [0.5, 0.6) is 0 Å². The monoisotopic (exact) mass is 820 g/mol. The molecule has 0 bridgehead atoms. The molecule has 2 aliphatic heterocycles. The molecule has 2 heterocycles. The molecule has 16 nitrogen and oxygen atoms in total. The Morgan fingerprint density at radius 3 is 1.76 bits per heavy atom. The summed E-state index contributed by atoms with van der Waals surface area (Å²) in [5.41, 5.74) is 0. The van der Waals surface area contributed by atoms with E-state index < -0.39 is 113 Å². The van der Waals surface area contributed by atoms with Gasteiger partial charge in [0.25, 0.3) is 0 Å². The van der Waals surface area contributed by atoms with Crippen molar-refractivity contribution in [2.75, 3.05) is 6.54 Å². The highest BCUT2D eigenvalue weighted by molar-refractivity contribution is 5.98. The highest BCUT2D eigenvalue weighted by Gasteiger charge is 2.43. The van der Waals surface area contributed by atoms with E-state index in [0.717, 1.165) is 6.42 Å². The fourth-order valence-electron chi connectivity index (χ4n) is 7.18. The van der Waals surface area contributed by atoms with Gasteiger partial charge in [-0.3, -0.25) is 33.6 Å². The van der Waals surface area contributed by atoms with Gasteiger partial charge in [-0.25, -0.2) is 4.79 Å². The molecule has 2 aliphatic rings. The van der Waals surface area contributed by atoms with E-state index in [9.17, 15) is 38.4 Å². The van der Waals surface area contributed by atoms with Gasteiger partial charge in [0, 0.05) is 13.0 Å². The minimum atomic E-state index is -1.55. The molecule has 2 fully saturated rings. The predicted octanol–water partition coefficient (Wildman–Crippen LogP) is 2.33. The smallest absolute Gasteiger partial charge is 0.329 e. The van der Waals surface area contributed by atoms with E-state index in [1.54, 1.807) is 55.4 Å². The summed E-state index contributed by atoms with van der Waals surface area (Å²) >= 11 is 0. The molecule has 330 valence electrons. The van der Waals surface area contributed by atoms with E-state index in [-0.39, 0.29) is 31.2 Å². The van der Waals surface area contributed by atoms with E-state index in [0.29, 0.717) is 25.2 Å². The van der Waals surface area contributed by atoms with Crippen molar-refractivity contribution in [2.24, 2.45) is 35.5 Å². The molecule has 0 radical (unpaired) electrons. The van der Waals surface area contributed by atoms with Crippen molar-refractivity contribution in [3.05, 3.63) is 0 Å². The van der Waals surface area contributed by atoms with Gasteiger partial charge in [0.15, 0.2) is 0 Å². The highest BCUT2D eigenvalue weighted by atomic mass is 16.5. The Hall–Kier alpha value is -4.24. The predicted molar refractivity (Wildman–Crippen MR) is 219 cm³/mol. The normalized spacial score (nSPS) is 26.4. The van der Waals surface area contributed by atoms with E-state index >= 15 is 0 Å². The van der Waals surface area contributed by atoms with Crippen molar-refractivity contribution in [3.63, 3.8) is 0 Å². The Labute approximate surface area is 345 Å². The Kier molecular flexibility index (Phi) is 19.6. The molecule has 16 heteroatoms. The number of cyclic esters (lactones) is 1. The van der Waals surface area contributed by atoms with Crippen LogP contribution >= 0.6 is 0 Å². The quantitative estimate of drug-likeness (QED) is 0.150. The number of esters is 1.